The zero-order chi connectivity index (χ0) is 8.10. The summed E-state index contributed by atoms with van der Waals surface area (Å²) in [4.78, 5) is 4.47. The Hall–Kier alpha value is -0.240. The Kier molecular flexibility index (Phi) is 6.17. The van der Waals surface area contributed by atoms with Gasteiger partial charge in [-0.25, -0.2) is 0 Å². The van der Waals surface area contributed by atoms with E-state index in [-0.39, 0.29) is 12.4 Å². The van der Waals surface area contributed by atoms with E-state index in [1.54, 1.807) is 0 Å². The number of nitrogens with zero attached hydrogens (tertiary/aromatic N) is 1. The van der Waals surface area contributed by atoms with Gasteiger partial charge in [0.1, 0.15) is 0 Å². The third kappa shape index (κ3) is 4.60. The molecule has 0 radical (unpaired) electrons. The molecule has 0 aromatic rings. The third-order valence-electron chi connectivity index (χ3n) is 1.83. The smallest absolute Gasteiger partial charge is 0.0964 e. The van der Waals surface area contributed by atoms with Gasteiger partial charge in [-0.2, -0.15) is 0 Å². The van der Waals surface area contributed by atoms with Crippen LogP contribution in [0.1, 0.15) is 39.5 Å². The SMILES string of the molecule is CC(C)NC1=NCCCCC1.Cl. The van der Waals surface area contributed by atoms with Gasteiger partial charge in [0.2, 0.25) is 0 Å². The summed E-state index contributed by atoms with van der Waals surface area (Å²) in [5.41, 5.74) is 0. The first-order valence-electron chi connectivity index (χ1n) is 4.59. The molecule has 2 nitrogen and oxygen atoms in total. The van der Waals surface area contributed by atoms with E-state index in [0.29, 0.717) is 6.04 Å². The average molecular weight is 191 g/mol. The average Bonchev–Trinajstić information content (AvgIpc) is 2.14. The highest BCUT2D eigenvalue weighted by molar-refractivity contribution is 5.85. The maximum Gasteiger partial charge on any atom is 0.0964 e. The number of halogens is 1. The molecule has 0 saturated heterocycles. The lowest BCUT2D eigenvalue weighted by molar-refractivity contribution is 0.704. The number of hydrogen-bond acceptors (Lipinski definition) is 2. The second-order valence-electron chi connectivity index (χ2n) is 3.44. The molecule has 0 aromatic carbocycles. The zero-order valence-electron chi connectivity index (χ0n) is 7.97. The molecule has 1 heterocycles. The standard InChI is InChI=1S/C9H18N2.ClH/c1-8(2)11-9-6-4-3-5-7-10-9;/h8H,3-7H2,1-2H3,(H,10,11);1H. The van der Waals surface area contributed by atoms with E-state index in [0.717, 1.165) is 13.0 Å². The van der Waals surface area contributed by atoms with Crippen LogP contribution in [0.2, 0.25) is 0 Å². The molecule has 1 N–H and O–H groups in total. The highest BCUT2D eigenvalue weighted by Gasteiger charge is 2.03. The first kappa shape index (κ1) is 11.8. The Morgan fingerprint density at radius 1 is 1.25 bits per heavy atom. The van der Waals surface area contributed by atoms with Gasteiger partial charge in [0, 0.05) is 19.0 Å². The Balaban J connectivity index is 0.00000121. The lowest BCUT2D eigenvalue weighted by Gasteiger charge is -2.10. The van der Waals surface area contributed by atoms with E-state index in [9.17, 15) is 0 Å². The van der Waals surface area contributed by atoms with E-state index >= 15 is 0 Å². The minimum Gasteiger partial charge on any atom is -0.372 e. The lowest BCUT2D eigenvalue weighted by atomic mass is 10.2. The molecular formula is C9H19ClN2. The van der Waals surface area contributed by atoms with Crippen LogP contribution in [0.15, 0.2) is 4.99 Å². The summed E-state index contributed by atoms with van der Waals surface area (Å²) < 4.78 is 0. The van der Waals surface area contributed by atoms with E-state index in [4.69, 9.17) is 0 Å². The molecule has 0 saturated carbocycles. The Morgan fingerprint density at radius 2 is 2.00 bits per heavy atom. The van der Waals surface area contributed by atoms with Gasteiger partial charge in [0.15, 0.2) is 0 Å². The number of amidine groups is 1. The van der Waals surface area contributed by atoms with E-state index in [1.165, 1.54) is 25.1 Å². The van der Waals surface area contributed by atoms with Crippen LogP contribution in [-0.2, 0) is 0 Å². The number of nitrogens with one attached hydrogen (secondary N) is 1. The molecule has 0 fully saturated rings. The fraction of sp³-hybridized carbons (Fsp3) is 0.889. The van der Waals surface area contributed by atoms with E-state index in [1.807, 2.05) is 0 Å². The van der Waals surface area contributed by atoms with Crippen LogP contribution in [0, 0.1) is 0 Å². The molecule has 12 heavy (non-hydrogen) atoms. The van der Waals surface area contributed by atoms with Crippen LogP contribution in [0.5, 0.6) is 0 Å². The predicted molar refractivity (Wildman–Crippen MR) is 56.3 cm³/mol. The van der Waals surface area contributed by atoms with E-state index < -0.39 is 0 Å². The van der Waals surface area contributed by atoms with Crippen LogP contribution in [0.3, 0.4) is 0 Å². The fourth-order valence-corrected chi connectivity index (χ4v) is 1.33. The largest absolute Gasteiger partial charge is 0.372 e. The number of hydrogen-bond donors (Lipinski definition) is 1. The molecule has 0 aromatic heterocycles. The topological polar surface area (TPSA) is 24.4 Å². The molecule has 0 atom stereocenters. The van der Waals surface area contributed by atoms with Crippen LogP contribution in [0.4, 0.5) is 0 Å². The summed E-state index contributed by atoms with van der Waals surface area (Å²) in [6, 6.07) is 0.534. The van der Waals surface area contributed by atoms with Crippen molar-refractivity contribution in [1.82, 2.24) is 5.32 Å². The molecule has 0 unspecified atom stereocenters. The molecule has 0 bridgehead atoms. The van der Waals surface area contributed by atoms with Gasteiger partial charge in [-0.15, -0.1) is 12.4 Å². The van der Waals surface area contributed by atoms with Crippen molar-refractivity contribution in [2.75, 3.05) is 6.54 Å². The molecule has 0 aliphatic carbocycles. The number of rotatable bonds is 1. The van der Waals surface area contributed by atoms with Gasteiger partial charge in [0.05, 0.1) is 5.84 Å². The third-order valence-corrected chi connectivity index (χ3v) is 1.83. The highest BCUT2D eigenvalue weighted by atomic mass is 35.5. The van der Waals surface area contributed by atoms with Gasteiger partial charge in [-0.05, 0) is 26.7 Å². The second-order valence-corrected chi connectivity index (χ2v) is 3.44. The van der Waals surface area contributed by atoms with Crippen molar-refractivity contribution >= 4 is 18.2 Å². The predicted octanol–water partition coefficient (Wildman–Crippen LogP) is 2.38. The maximum absolute atomic E-state index is 4.47. The first-order valence-corrected chi connectivity index (χ1v) is 4.59. The first-order chi connectivity index (χ1) is 5.29. The Labute approximate surface area is 81.3 Å². The van der Waals surface area contributed by atoms with Crippen molar-refractivity contribution in [3.8, 4) is 0 Å². The molecule has 1 aliphatic heterocycles. The minimum atomic E-state index is 0. The Morgan fingerprint density at radius 3 is 2.67 bits per heavy atom. The van der Waals surface area contributed by atoms with Gasteiger partial charge in [-0.1, -0.05) is 6.42 Å². The lowest BCUT2D eigenvalue weighted by Crippen LogP contribution is -2.29. The molecule has 1 aliphatic rings. The highest BCUT2D eigenvalue weighted by Crippen LogP contribution is 2.06. The van der Waals surface area contributed by atoms with Crippen molar-refractivity contribution in [3.63, 3.8) is 0 Å². The summed E-state index contributed by atoms with van der Waals surface area (Å²) in [5, 5.41) is 3.37. The van der Waals surface area contributed by atoms with Crippen LogP contribution in [0.25, 0.3) is 0 Å². The molecule has 1 rings (SSSR count). The number of aliphatic imine (C=N–C) groups is 1. The summed E-state index contributed by atoms with van der Waals surface area (Å²) in [6.45, 7) is 5.34. The zero-order valence-corrected chi connectivity index (χ0v) is 8.78. The van der Waals surface area contributed by atoms with Crippen molar-refractivity contribution in [3.05, 3.63) is 0 Å². The molecule has 3 heteroatoms. The van der Waals surface area contributed by atoms with Gasteiger partial charge in [-0.3, -0.25) is 4.99 Å². The fourth-order valence-electron chi connectivity index (χ4n) is 1.33. The van der Waals surface area contributed by atoms with Gasteiger partial charge < -0.3 is 5.32 Å². The monoisotopic (exact) mass is 190 g/mol. The van der Waals surface area contributed by atoms with Gasteiger partial charge in [0.25, 0.3) is 0 Å². The van der Waals surface area contributed by atoms with Crippen LogP contribution in [-0.4, -0.2) is 18.4 Å². The summed E-state index contributed by atoms with van der Waals surface area (Å²) >= 11 is 0. The van der Waals surface area contributed by atoms with Crippen molar-refractivity contribution in [1.29, 1.82) is 0 Å². The summed E-state index contributed by atoms with van der Waals surface area (Å²) in [5.74, 6) is 1.22. The van der Waals surface area contributed by atoms with Crippen molar-refractivity contribution in [2.45, 2.75) is 45.6 Å². The molecule has 0 spiro atoms. The maximum atomic E-state index is 4.47. The summed E-state index contributed by atoms with van der Waals surface area (Å²) in [6.07, 6.45) is 5.06. The quantitative estimate of drug-likeness (QED) is 0.675. The van der Waals surface area contributed by atoms with E-state index in [2.05, 4.69) is 24.2 Å². The molecule has 72 valence electrons. The van der Waals surface area contributed by atoms with Crippen molar-refractivity contribution in [2.24, 2.45) is 4.99 Å². The molecular weight excluding hydrogens is 172 g/mol. The van der Waals surface area contributed by atoms with Crippen LogP contribution >= 0.6 is 12.4 Å². The molecule has 0 amide bonds. The Bertz CT molecular complexity index is 143. The van der Waals surface area contributed by atoms with Crippen molar-refractivity contribution < 1.29 is 0 Å². The normalized spacial score (nSPS) is 17.8. The minimum absolute atomic E-state index is 0. The van der Waals surface area contributed by atoms with Gasteiger partial charge >= 0.3 is 0 Å². The summed E-state index contributed by atoms with van der Waals surface area (Å²) in [7, 11) is 0. The second kappa shape index (κ2) is 6.30. The van der Waals surface area contributed by atoms with Crippen LogP contribution < -0.4 is 5.32 Å².